The average molecular weight is 252 g/mol. The number of halogens is 1. The second-order valence-electron chi connectivity index (χ2n) is 6.01. The summed E-state index contributed by atoms with van der Waals surface area (Å²) in [6.45, 7) is 4.71. The van der Waals surface area contributed by atoms with E-state index in [1.807, 2.05) is 0 Å². The minimum absolute atomic E-state index is 0. The highest BCUT2D eigenvalue weighted by Crippen LogP contribution is 2.45. The topological polar surface area (TPSA) is 12.0 Å². The van der Waals surface area contributed by atoms with Crippen LogP contribution in [0.1, 0.15) is 44.6 Å². The summed E-state index contributed by atoms with van der Waals surface area (Å²) in [5, 5.41) is 3.84. The molecule has 2 unspecified atom stereocenters. The maximum atomic E-state index is 3.84. The first-order valence-electron chi connectivity index (χ1n) is 6.49. The molecular weight excluding hydrogens is 230 g/mol. The van der Waals surface area contributed by atoms with Crippen LogP contribution in [0.15, 0.2) is 30.3 Å². The first-order chi connectivity index (χ1) is 7.67. The van der Waals surface area contributed by atoms with E-state index < -0.39 is 0 Å². The van der Waals surface area contributed by atoms with Gasteiger partial charge >= 0.3 is 0 Å². The van der Waals surface area contributed by atoms with Crippen LogP contribution in [0, 0.1) is 5.92 Å². The van der Waals surface area contributed by atoms with E-state index in [1.54, 1.807) is 0 Å². The Hall–Kier alpha value is -0.530. The van der Waals surface area contributed by atoms with Crippen LogP contribution < -0.4 is 5.32 Å². The molecule has 0 spiro atoms. The van der Waals surface area contributed by atoms with E-state index in [1.165, 1.54) is 24.8 Å². The molecule has 2 heteroatoms. The minimum Gasteiger partial charge on any atom is -0.308 e. The van der Waals surface area contributed by atoms with Crippen LogP contribution in [0.5, 0.6) is 0 Å². The van der Waals surface area contributed by atoms with E-state index in [-0.39, 0.29) is 17.9 Å². The summed E-state index contributed by atoms with van der Waals surface area (Å²) in [6, 6.07) is 11.8. The Morgan fingerprint density at radius 2 is 1.76 bits per heavy atom. The molecule has 1 aromatic rings. The van der Waals surface area contributed by atoms with E-state index in [0.717, 1.165) is 12.0 Å². The summed E-state index contributed by atoms with van der Waals surface area (Å²) in [6.07, 6.45) is 4.20. The molecule has 0 bridgehead atoms. The highest BCUT2D eigenvalue weighted by molar-refractivity contribution is 5.85. The average Bonchev–Trinajstić information content (AvgIpc) is 3.05. The predicted molar refractivity (Wildman–Crippen MR) is 74.8 cm³/mol. The fourth-order valence-corrected chi connectivity index (χ4v) is 3.23. The third-order valence-corrected chi connectivity index (χ3v) is 4.31. The van der Waals surface area contributed by atoms with Gasteiger partial charge in [0.2, 0.25) is 0 Å². The first-order valence-corrected chi connectivity index (χ1v) is 6.49. The summed E-state index contributed by atoms with van der Waals surface area (Å²) in [7, 11) is 0. The van der Waals surface area contributed by atoms with Gasteiger partial charge in [-0.1, -0.05) is 30.3 Å². The SMILES string of the molecule is CC1(C)NC(C2CC2)CC1c1ccccc1.Cl. The molecule has 1 N–H and O–H groups in total. The zero-order valence-corrected chi connectivity index (χ0v) is 11.5. The molecule has 2 aliphatic rings. The van der Waals surface area contributed by atoms with Crippen LogP contribution in [0.4, 0.5) is 0 Å². The van der Waals surface area contributed by atoms with Gasteiger partial charge in [-0.05, 0) is 44.6 Å². The molecule has 1 nitrogen and oxygen atoms in total. The lowest BCUT2D eigenvalue weighted by Crippen LogP contribution is -2.40. The molecule has 17 heavy (non-hydrogen) atoms. The van der Waals surface area contributed by atoms with Crippen LogP contribution in [-0.4, -0.2) is 11.6 Å². The van der Waals surface area contributed by atoms with Gasteiger partial charge < -0.3 is 5.32 Å². The van der Waals surface area contributed by atoms with Gasteiger partial charge in [-0.25, -0.2) is 0 Å². The molecule has 3 rings (SSSR count). The lowest BCUT2D eigenvalue weighted by atomic mass is 9.83. The van der Waals surface area contributed by atoms with Gasteiger partial charge in [0, 0.05) is 17.5 Å². The molecule has 0 aromatic heterocycles. The Labute approximate surface area is 110 Å². The number of nitrogens with one attached hydrogen (secondary N) is 1. The first kappa shape index (κ1) is 12.9. The van der Waals surface area contributed by atoms with Gasteiger partial charge in [-0.3, -0.25) is 0 Å². The summed E-state index contributed by atoms with van der Waals surface area (Å²) < 4.78 is 0. The van der Waals surface area contributed by atoms with Crippen molar-refractivity contribution in [2.75, 3.05) is 0 Å². The molecule has 1 saturated heterocycles. The molecule has 2 atom stereocenters. The Morgan fingerprint density at radius 1 is 1.12 bits per heavy atom. The zero-order chi connectivity index (χ0) is 11.2. The van der Waals surface area contributed by atoms with Gasteiger partial charge in [-0.2, -0.15) is 0 Å². The zero-order valence-electron chi connectivity index (χ0n) is 10.6. The van der Waals surface area contributed by atoms with E-state index in [2.05, 4.69) is 49.5 Å². The maximum absolute atomic E-state index is 3.84. The van der Waals surface area contributed by atoms with Crippen molar-refractivity contribution >= 4 is 12.4 Å². The molecule has 1 heterocycles. The molecule has 0 amide bonds. The van der Waals surface area contributed by atoms with Gasteiger partial charge in [-0.15, -0.1) is 12.4 Å². The van der Waals surface area contributed by atoms with E-state index in [9.17, 15) is 0 Å². The number of hydrogen-bond donors (Lipinski definition) is 1. The second kappa shape index (κ2) is 4.62. The van der Waals surface area contributed by atoms with Crippen LogP contribution >= 0.6 is 12.4 Å². The third-order valence-electron chi connectivity index (χ3n) is 4.31. The maximum Gasteiger partial charge on any atom is 0.0196 e. The highest BCUT2D eigenvalue weighted by Gasteiger charge is 2.45. The normalized spacial score (nSPS) is 30.9. The molecular formula is C15H22ClN. The minimum atomic E-state index is 0. The Kier molecular flexibility index (Phi) is 3.51. The van der Waals surface area contributed by atoms with Gasteiger partial charge in [0.15, 0.2) is 0 Å². The van der Waals surface area contributed by atoms with Crippen molar-refractivity contribution in [1.29, 1.82) is 0 Å². The molecule has 94 valence electrons. The fourth-order valence-electron chi connectivity index (χ4n) is 3.23. The van der Waals surface area contributed by atoms with Crippen LogP contribution in [0.25, 0.3) is 0 Å². The fraction of sp³-hybridized carbons (Fsp3) is 0.600. The van der Waals surface area contributed by atoms with E-state index >= 15 is 0 Å². The standard InChI is InChI=1S/C15H21N.ClH/c1-15(2)13(11-6-4-3-5-7-11)10-14(16-15)12-8-9-12;/h3-7,12-14,16H,8-10H2,1-2H3;1H. The van der Waals surface area contributed by atoms with Crippen molar-refractivity contribution in [2.24, 2.45) is 5.92 Å². The van der Waals surface area contributed by atoms with Gasteiger partial charge in [0.25, 0.3) is 0 Å². The number of hydrogen-bond acceptors (Lipinski definition) is 1. The summed E-state index contributed by atoms with van der Waals surface area (Å²) in [5.41, 5.74) is 1.76. The van der Waals surface area contributed by atoms with Crippen molar-refractivity contribution in [1.82, 2.24) is 5.32 Å². The smallest absolute Gasteiger partial charge is 0.0196 e. The molecule has 0 radical (unpaired) electrons. The molecule has 1 aliphatic carbocycles. The van der Waals surface area contributed by atoms with Crippen molar-refractivity contribution in [3.05, 3.63) is 35.9 Å². The van der Waals surface area contributed by atoms with Crippen molar-refractivity contribution in [2.45, 2.75) is 50.6 Å². The highest BCUT2D eigenvalue weighted by atomic mass is 35.5. The number of benzene rings is 1. The molecule has 2 fully saturated rings. The lowest BCUT2D eigenvalue weighted by Gasteiger charge is -2.27. The van der Waals surface area contributed by atoms with Gasteiger partial charge in [0.1, 0.15) is 0 Å². The predicted octanol–water partition coefficient (Wildman–Crippen LogP) is 3.74. The van der Waals surface area contributed by atoms with Crippen molar-refractivity contribution in [3.8, 4) is 0 Å². The van der Waals surface area contributed by atoms with Crippen LogP contribution in [0.2, 0.25) is 0 Å². The van der Waals surface area contributed by atoms with E-state index in [0.29, 0.717) is 5.92 Å². The second-order valence-corrected chi connectivity index (χ2v) is 6.01. The summed E-state index contributed by atoms with van der Waals surface area (Å²) >= 11 is 0. The van der Waals surface area contributed by atoms with Gasteiger partial charge in [0.05, 0.1) is 0 Å². The third kappa shape index (κ3) is 2.51. The largest absolute Gasteiger partial charge is 0.308 e. The molecule has 1 aromatic carbocycles. The Bertz CT molecular complexity index is 370. The quantitative estimate of drug-likeness (QED) is 0.844. The summed E-state index contributed by atoms with van der Waals surface area (Å²) in [4.78, 5) is 0. The van der Waals surface area contributed by atoms with Crippen LogP contribution in [-0.2, 0) is 0 Å². The molecule has 1 saturated carbocycles. The molecule has 1 aliphatic heterocycles. The van der Waals surface area contributed by atoms with E-state index in [4.69, 9.17) is 0 Å². The Morgan fingerprint density at radius 3 is 2.35 bits per heavy atom. The monoisotopic (exact) mass is 251 g/mol. The van der Waals surface area contributed by atoms with Crippen molar-refractivity contribution < 1.29 is 0 Å². The number of rotatable bonds is 2. The van der Waals surface area contributed by atoms with Crippen molar-refractivity contribution in [3.63, 3.8) is 0 Å². The lowest BCUT2D eigenvalue weighted by molar-refractivity contribution is 0.386. The van der Waals surface area contributed by atoms with Crippen LogP contribution in [0.3, 0.4) is 0 Å². The summed E-state index contributed by atoms with van der Waals surface area (Å²) in [5.74, 6) is 1.65. The Balaban J connectivity index is 0.00000108.